The van der Waals surface area contributed by atoms with Gasteiger partial charge in [-0.2, -0.15) is 5.10 Å². The van der Waals surface area contributed by atoms with Crippen LogP contribution in [0.3, 0.4) is 0 Å². The summed E-state index contributed by atoms with van der Waals surface area (Å²) in [6.07, 6.45) is 0. The minimum atomic E-state index is -0.0736. The van der Waals surface area contributed by atoms with Crippen LogP contribution in [0.25, 0.3) is 10.9 Å². The monoisotopic (exact) mass is 289 g/mol. The molecule has 1 amide bonds. The molecule has 2 heterocycles. The van der Waals surface area contributed by atoms with Crippen molar-refractivity contribution < 1.29 is 9.90 Å². The van der Waals surface area contributed by atoms with Gasteiger partial charge in [0.15, 0.2) is 5.69 Å². The first-order valence-electron chi connectivity index (χ1n) is 7.05. The Bertz CT molecular complexity index is 646. The average molecular weight is 289 g/mol. The fourth-order valence-electron chi connectivity index (χ4n) is 2.66. The van der Waals surface area contributed by atoms with Gasteiger partial charge in [0, 0.05) is 43.8 Å². The molecule has 1 aromatic heterocycles. The molecule has 0 atom stereocenters. The van der Waals surface area contributed by atoms with Gasteiger partial charge in [0.1, 0.15) is 0 Å². The Morgan fingerprint density at radius 1 is 1.33 bits per heavy atom. The number of amides is 1. The number of β-amino-alcohol motifs (C(OH)–C–C–N with tert-alkyl or cyclic N) is 1. The molecule has 0 spiro atoms. The zero-order chi connectivity index (χ0) is 14.8. The summed E-state index contributed by atoms with van der Waals surface area (Å²) in [7, 11) is 0. The van der Waals surface area contributed by atoms with Gasteiger partial charge in [-0.05, 0) is 18.2 Å². The van der Waals surface area contributed by atoms with Gasteiger partial charge in [-0.3, -0.25) is 14.8 Å². The molecule has 0 saturated carbocycles. The lowest BCUT2D eigenvalue weighted by atomic mass is 10.1. The molecule has 7 nitrogen and oxygen atoms in total. The molecule has 7 heteroatoms. The molecule has 112 valence electrons. The Kier molecular flexibility index (Phi) is 3.76. The fraction of sp³-hybridized carbons (Fsp3) is 0.429. The Morgan fingerprint density at radius 2 is 2.10 bits per heavy atom. The smallest absolute Gasteiger partial charge is 0.275 e. The second-order valence-electron chi connectivity index (χ2n) is 5.23. The molecule has 1 saturated heterocycles. The number of anilines is 1. The Balaban J connectivity index is 1.77. The van der Waals surface area contributed by atoms with E-state index >= 15 is 0 Å². The maximum atomic E-state index is 12.6. The van der Waals surface area contributed by atoms with E-state index in [4.69, 9.17) is 10.8 Å². The van der Waals surface area contributed by atoms with Crippen molar-refractivity contribution >= 4 is 22.5 Å². The van der Waals surface area contributed by atoms with E-state index < -0.39 is 0 Å². The number of nitrogens with one attached hydrogen (secondary N) is 1. The number of nitrogens with zero attached hydrogens (tertiary/aromatic N) is 3. The fourth-order valence-corrected chi connectivity index (χ4v) is 2.66. The third-order valence-corrected chi connectivity index (χ3v) is 3.87. The summed E-state index contributed by atoms with van der Waals surface area (Å²) < 4.78 is 0. The molecular formula is C14H19N5O2. The molecule has 0 bridgehead atoms. The largest absolute Gasteiger partial charge is 0.399 e. The Morgan fingerprint density at radius 3 is 2.81 bits per heavy atom. The number of nitrogen functional groups attached to an aromatic ring is 1. The van der Waals surface area contributed by atoms with Gasteiger partial charge >= 0.3 is 0 Å². The predicted molar refractivity (Wildman–Crippen MR) is 79.9 cm³/mol. The molecule has 1 aromatic carbocycles. The number of H-pyrrole nitrogens is 1. The lowest BCUT2D eigenvalue weighted by molar-refractivity contribution is 0.0611. The summed E-state index contributed by atoms with van der Waals surface area (Å²) in [6.45, 7) is 3.65. The number of aliphatic hydroxyl groups excluding tert-OH is 1. The summed E-state index contributed by atoms with van der Waals surface area (Å²) in [5.74, 6) is -0.0736. The molecule has 1 aliphatic rings. The van der Waals surface area contributed by atoms with Crippen molar-refractivity contribution in [2.24, 2.45) is 0 Å². The Labute approximate surface area is 122 Å². The highest BCUT2D eigenvalue weighted by Gasteiger charge is 2.24. The van der Waals surface area contributed by atoms with Crippen LogP contribution >= 0.6 is 0 Å². The average Bonchev–Trinajstić information content (AvgIpc) is 2.90. The molecule has 0 aliphatic carbocycles. The number of hydrogen-bond acceptors (Lipinski definition) is 5. The second-order valence-corrected chi connectivity index (χ2v) is 5.23. The first-order chi connectivity index (χ1) is 10.2. The van der Waals surface area contributed by atoms with Gasteiger partial charge < -0.3 is 15.7 Å². The molecule has 4 N–H and O–H groups in total. The first-order valence-corrected chi connectivity index (χ1v) is 7.05. The number of nitrogens with two attached hydrogens (primary N) is 1. The summed E-state index contributed by atoms with van der Waals surface area (Å²) >= 11 is 0. The van der Waals surface area contributed by atoms with Crippen molar-refractivity contribution in [2.45, 2.75) is 0 Å². The lowest BCUT2D eigenvalue weighted by Gasteiger charge is -2.34. The molecule has 0 unspecified atom stereocenters. The van der Waals surface area contributed by atoms with Crippen LogP contribution < -0.4 is 5.73 Å². The minimum Gasteiger partial charge on any atom is -0.399 e. The summed E-state index contributed by atoms with van der Waals surface area (Å²) in [4.78, 5) is 16.5. The van der Waals surface area contributed by atoms with E-state index in [0.717, 1.165) is 24.0 Å². The number of carbonyl (C=O) groups excluding carboxylic acids is 1. The highest BCUT2D eigenvalue weighted by Crippen LogP contribution is 2.20. The second kappa shape index (κ2) is 5.71. The topological polar surface area (TPSA) is 98.5 Å². The van der Waals surface area contributed by atoms with Crippen LogP contribution in [0.2, 0.25) is 0 Å². The van der Waals surface area contributed by atoms with E-state index in [0.29, 0.717) is 31.0 Å². The van der Waals surface area contributed by atoms with E-state index in [9.17, 15) is 4.79 Å². The van der Waals surface area contributed by atoms with E-state index in [2.05, 4.69) is 15.1 Å². The summed E-state index contributed by atoms with van der Waals surface area (Å²) in [6, 6.07) is 5.38. The third kappa shape index (κ3) is 2.70. The standard InChI is InChI=1S/C14H19N5O2/c15-10-1-2-12-11(9-10)13(17-16-12)14(21)19-5-3-18(4-6-19)7-8-20/h1-2,9,20H,3-8,15H2,(H,16,17). The number of rotatable bonds is 3. The molecule has 1 aliphatic heterocycles. The van der Waals surface area contributed by atoms with Crippen LogP contribution in [0.15, 0.2) is 18.2 Å². The highest BCUT2D eigenvalue weighted by atomic mass is 16.3. The lowest BCUT2D eigenvalue weighted by Crippen LogP contribution is -2.49. The van der Waals surface area contributed by atoms with Crippen LogP contribution in [0.5, 0.6) is 0 Å². The normalized spacial score (nSPS) is 16.5. The van der Waals surface area contributed by atoms with Gasteiger partial charge in [-0.25, -0.2) is 0 Å². The zero-order valence-corrected chi connectivity index (χ0v) is 11.7. The maximum Gasteiger partial charge on any atom is 0.275 e. The van der Waals surface area contributed by atoms with Crippen LogP contribution in [-0.2, 0) is 0 Å². The summed E-state index contributed by atoms with van der Waals surface area (Å²) in [5.41, 5.74) is 7.64. The first kappa shape index (κ1) is 13.8. The maximum absolute atomic E-state index is 12.6. The minimum absolute atomic E-state index is 0.0736. The highest BCUT2D eigenvalue weighted by molar-refractivity contribution is 6.05. The van der Waals surface area contributed by atoms with Crippen LogP contribution in [0.1, 0.15) is 10.5 Å². The van der Waals surface area contributed by atoms with Crippen LogP contribution in [0.4, 0.5) is 5.69 Å². The van der Waals surface area contributed by atoms with Gasteiger partial charge in [-0.15, -0.1) is 0 Å². The number of piperazine rings is 1. The van der Waals surface area contributed by atoms with Crippen LogP contribution in [0, 0.1) is 0 Å². The van der Waals surface area contributed by atoms with Crippen LogP contribution in [-0.4, -0.2) is 70.3 Å². The van der Waals surface area contributed by atoms with Crippen molar-refractivity contribution in [1.29, 1.82) is 0 Å². The molecule has 3 rings (SSSR count). The number of hydrogen-bond donors (Lipinski definition) is 3. The quantitative estimate of drug-likeness (QED) is 0.685. The molecule has 0 radical (unpaired) electrons. The Hall–Kier alpha value is -2.12. The van der Waals surface area contributed by atoms with E-state index in [-0.39, 0.29) is 12.5 Å². The van der Waals surface area contributed by atoms with Crippen molar-refractivity contribution in [2.75, 3.05) is 45.1 Å². The van der Waals surface area contributed by atoms with Crippen molar-refractivity contribution in [1.82, 2.24) is 20.0 Å². The van der Waals surface area contributed by atoms with Crippen molar-refractivity contribution in [3.63, 3.8) is 0 Å². The molecule has 21 heavy (non-hydrogen) atoms. The molecule has 1 fully saturated rings. The number of fused-ring (bicyclic) bond motifs is 1. The van der Waals surface area contributed by atoms with E-state index in [1.807, 2.05) is 6.07 Å². The van der Waals surface area contributed by atoms with Gasteiger partial charge in [-0.1, -0.05) is 0 Å². The van der Waals surface area contributed by atoms with E-state index in [1.54, 1.807) is 17.0 Å². The van der Waals surface area contributed by atoms with Gasteiger partial charge in [0.25, 0.3) is 5.91 Å². The third-order valence-electron chi connectivity index (χ3n) is 3.87. The van der Waals surface area contributed by atoms with Gasteiger partial charge in [0.2, 0.25) is 0 Å². The number of carbonyl (C=O) groups is 1. The van der Waals surface area contributed by atoms with E-state index in [1.165, 1.54) is 0 Å². The molecule has 2 aromatic rings. The predicted octanol–water partition coefficient (Wildman–Crippen LogP) is -0.105. The number of benzene rings is 1. The summed E-state index contributed by atoms with van der Waals surface area (Å²) in [5, 5.41) is 16.7. The SMILES string of the molecule is Nc1ccc2[nH]nc(C(=O)N3CCN(CCO)CC3)c2c1. The van der Waals surface area contributed by atoms with Crippen molar-refractivity contribution in [3.05, 3.63) is 23.9 Å². The van der Waals surface area contributed by atoms with Gasteiger partial charge in [0.05, 0.1) is 12.1 Å². The molecular weight excluding hydrogens is 270 g/mol. The van der Waals surface area contributed by atoms with Crippen molar-refractivity contribution in [3.8, 4) is 0 Å². The number of aliphatic hydroxyl groups is 1. The number of aromatic nitrogens is 2. The zero-order valence-electron chi connectivity index (χ0n) is 11.7. The number of aromatic amines is 1.